The summed E-state index contributed by atoms with van der Waals surface area (Å²) in [6, 6.07) is 58.4. The zero-order valence-corrected chi connectivity index (χ0v) is 67.0. The number of carboxylic acid groups (broad SMARTS) is 1. The molecule has 3 fully saturated rings. The number of hydrogen-bond acceptors (Lipinski definition) is 20. The number of carbonyl (C=O) groups excluding carboxylic acids is 4. The standard InChI is InChI=1S/C28H29N3O4.2C27H27N3O4.C8H14N2O4/c1-33-27-25(20-11-7-4-8-12-20)26(29-24-17-23(28(32)34-2)30-31(24)27)21-13-15-22(16-14-21)35-18-19-9-5-3-6-10-19;1-33-26-24(19-10-6-3-7-11-19)25(28-23-16-22(27(31)32)29-30(23)26)20-12-14-21(15-13-20)34-17-18-8-4-2-5-9-18;1-33-27(32)22-16-23-28-25(24(26(31)30(23)29-22)19-10-6-3-7-11-19)20-12-14-21(15-13-20)34-17-18-8-4-2-5-9-18;1-5(2)13-7(11)9-10-8(12)14-6(3)4/h3,5-6,9-10,13-17,20H,4,7-8,11-12,18H2,1-2H3;2,4-5,8-9,12-16,19H,3,6-7,10-11,17H2,1H3,(H,31,32);2,4-5,8-9,12-16,19,29H,3,6-7,10-11,17H2,1H3;5-6H,1-4H3. The number of nitrogens with zero attached hydrogens (tertiary/aromatic N) is 10. The van der Waals surface area contributed by atoms with Crippen molar-refractivity contribution in [3.8, 4) is 62.8 Å². The Kier molecular flexibility index (Phi) is 28.7. The minimum absolute atomic E-state index is 0.0535. The average Bonchev–Trinajstić information content (AvgIpc) is 1.70. The van der Waals surface area contributed by atoms with E-state index in [-0.39, 0.29) is 46.7 Å². The van der Waals surface area contributed by atoms with Gasteiger partial charge in [-0.25, -0.2) is 43.4 Å². The smallest absolute Gasteiger partial charge is 0.452 e. The number of azo groups is 1. The molecule has 0 spiro atoms. The first-order valence-corrected chi connectivity index (χ1v) is 39.5. The van der Waals surface area contributed by atoms with E-state index < -0.39 is 30.1 Å². The maximum absolute atomic E-state index is 13.6. The summed E-state index contributed by atoms with van der Waals surface area (Å²) in [7, 11) is 5.90. The first-order chi connectivity index (χ1) is 56.9. The quantitative estimate of drug-likeness (QED) is 0.0362. The van der Waals surface area contributed by atoms with Crippen LogP contribution in [-0.2, 0) is 38.8 Å². The van der Waals surface area contributed by atoms with Crippen LogP contribution in [0.3, 0.4) is 0 Å². The van der Waals surface area contributed by atoms with E-state index >= 15 is 0 Å². The number of carbonyl (C=O) groups is 5. The van der Waals surface area contributed by atoms with E-state index in [1.807, 2.05) is 164 Å². The minimum Gasteiger partial charge on any atom is -0.489 e. The number of rotatable bonds is 22. The number of hydrogen-bond donors (Lipinski definition) is 2. The monoisotopic (exact) mass is 1590 g/mol. The number of amides is 2. The number of nitrogens with one attached hydrogen (secondary N) is 1. The number of aromatic nitrogens is 9. The van der Waals surface area contributed by atoms with Gasteiger partial charge in [-0.3, -0.25) is 9.89 Å². The van der Waals surface area contributed by atoms with Gasteiger partial charge in [0.2, 0.25) is 11.8 Å². The van der Waals surface area contributed by atoms with E-state index in [1.165, 1.54) is 61.4 Å². The molecule has 0 aliphatic heterocycles. The Morgan fingerprint density at radius 2 is 0.778 bits per heavy atom. The van der Waals surface area contributed by atoms with Gasteiger partial charge in [0, 0.05) is 51.6 Å². The van der Waals surface area contributed by atoms with Crippen molar-refractivity contribution < 1.29 is 71.7 Å². The van der Waals surface area contributed by atoms with Crippen molar-refractivity contribution in [2.24, 2.45) is 10.2 Å². The van der Waals surface area contributed by atoms with Crippen LogP contribution in [-0.4, -0.2) is 120 Å². The van der Waals surface area contributed by atoms with E-state index in [2.05, 4.69) is 35.0 Å². The van der Waals surface area contributed by atoms with Crippen molar-refractivity contribution in [3.05, 3.63) is 243 Å². The van der Waals surface area contributed by atoms with Crippen LogP contribution in [0.15, 0.2) is 197 Å². The molecular formula is C90H97N11O16. The van der Waals surface area contributed by atoms with Crippen LogP contribution in [0.2, 0.25) is 0 Å². The molecule has 2 N–H and O–H groups in total. The fraction of sp³-hybridized carbons (Fsp3) is 0.344. The topological polar surface area (TPSA) is 324 Å². The predicted octanol–water partition coefficient (Wildman–Crippen LogP) is 19.2. The Morgan fingerprint density at radius 1 is 0.436 bits per heavy atom. The van der Waals surface area contributed by atoms with Gasteiger partial charge in [0.1, 0.15) is 42.8 Å². The number of esters is 2. The molecule has 3 saturated carbocycles. The molecule has 15 rings (SSSR count). The third kappa shape index (κ3) is 21.5. The molecule has 0 unspecified atom stereocenters. The van der Waals surface area contributed by atoms with Gasteiger partial charge in [0.15, 0.2) is 28.3 Å². The highest BCUT2D eigenvalue weighted by atomic mass is 16.6. The third-order valence-corrected chi connectivity index (χ3v) is 20.3. The highest BCUT2D eigenvalue weighted by Gasteiger charge is 2.32. The Bertz CT molecular complexity index is 5420. The van der Waals surface area contributed by atoms with E-state index in [1.54, 1.807) is 58.6 Å². The summed E-state index contributed by atoms with van der Waals surface area (Å²) in [4.78, 5) is 85.5. The summed E-state index contributed by atoms with van der Waals surface area (Å²) in [6.45, 7) is 8.16. The number of aromatic amines is 1. The number of benzene rings is 6. The molecule has 27 heteroatoms. The molecule has 27 nitrogen and oxygen atoms in total. The number of ether oxygens (including phenoxy) is 9. The number of aromatic carboxylic acids is 1. The van der Waals surface area contributed by atoms with Crippen molar-refractivity contribution in [2.75, 3.05) is 28.4 Å². The summed E-state index contributed by atoms with van der Waals surface area (Å²) in [5, 5.41) is 27.0. The average molecular weight is 1590 g/mol. The van der Waals surface area contributed by atoms with Gasteiger partial charge >= 0.3 is 30.1 Å². The fourth-order valence-electron chi connectivity index (χ4n) is 14.8. The van der Waals surface area contributed by atoms with Gasteiger partial charge in [-0.15, -0.1) is 0 Å². The molecule has 2 amide bonds. The Labute approximate surface area is 677 Å². The van der Waals surface area contributed by atoms with Crippen LogP contribution in [0.25, 0.3) is 50.7 Å². The molecule has 0 bridgehead atoms. The maximum Gasteiger partial charge on any atom is 0.452 e. The zero-order valence-electron chi connectivity index (χ0n) is 67.0. The molecule has 608 valence electrons. The summed E-state index contributed by atoms with van der Waals surface area (Å²) < 4.78 is 52.9. The fourth-order valence-corrected chi connectivity index (χ4v) is 14.8. The van der Waals surface area contributed by atoms with Crippen LogP contribution in [0.5, 0.6) is 29.0 Å². The van der Waals surface area contributed by atoms with E-state index in [9.17, 15) is 33.9 Å². The molecule has 6 aromatic carbocycles. The number of H-pyrrole nitrogens is 1. The van der Waals surface area contributed by atoms with Crippen LogP contribution in [0.4, 0.5) is 9.59 Å². The zero-order chi connectivity index (χ0) is 82.3. The van der Waals surface area contributed by atoms with Gasteiger partial charge in [-0.05, 0) is 173 Å². The van der Waals surface area contributed by atoms with Crippen molar-refractivity contribution in [3.63, 3.8) is 0 Å². The Morgan fingerprint density at radius 3 is 1.13 bits per heavy atom. The highest BCUT2D eigenvalue weighted by molar-refractivity contribution is 5.90. The number of fused-ring (bicyclic) bond motifs is 3. The predicted molar refractivity (Wildman–Crippen MR) is 439 cm³/mol. The molecule has 6 aromatic heterocycles. The molecular weight excluding hydrogens is 1490 g/mol. The largest absolute Gasteiger partial charge is 0.489 e. The highest BCUT2D eigenvalue weighted by Crippen LogP contribution is 2.45. The summed E-state index contributed by atoms with van der Waals surface area (Å²) in [5.74, 6) is 2.10. The van der Waals surface area contributed by atoms with Gasteiger partial charge in [0.05, 0.1) is 57.7 Å². The molecule has 3 aliphatic carbocycles. The lowest BCUT2D eigenvalue weighted by Crippen LogP contribution is -2.25. The second-order valence-electron chi connectivity index (χ2n) is 29.2. The lowest BCUT2D eigenvalue weighted by molar-refractivity contribution is 0.0585. The maximum atomic E-state index is 13.6. The van der Waals surface area contributed by atoms with Gasteiger partial charge < -0.3 is 47.7 Å². The molecule has 12 aromatic rings. The molecule has 0 saturated heterocycles. The van der Waals surface area contributed by atoms with Crippen molar-refractivity contribution in [1.29, 1.82) is 0 Å². The summed E-state index contributed by atoms with van der Waals surface area (Å²) >= 11 is 0. The van der Waals surface area contributed by atoms with Gasteiger partial charge in [-0.2, -0.15) is 19.2 Å². The first-order valence-electron chi connectivity index (χ1n) is 39.5. The van der Waals surface area contributed by atoms with E-state index in [0.717, 1.165) is 137 Å². The number of carboxylic acids is 1. The molecule has 0 atom stereocenters. The summed E-state index contributed by atoms with van der Waals surface area (Å²) in [6.07, 6.45) is 14.2. The Hall–Kier alpha value is -13.1. The SMILES string of the molecule is CC(C)OC(=O)N=NC(=O)OC(C)C.COC(=O)c1cc2nc(-c3ccc(OCc4ccccc4)cc3)c(C3CCCCC3)c(=O)n2[nH]1.COC(=O)c1cc2nc(-c3ccc(OCc4ccccc4)cc3)c(C3CCCCC3)c(OC)n2n1.COc1c(C2CCCCC2)c(-c2ccc(OCc3ccccc3)cc2)nc2cc(C(=O)O)nn12. The van der Waals surface area contributed by atoms with Crippen LogP contribution in [0.1, 0.15) is 207 Å². The Balaban J connectivity index is 0.000000149. The second-order valence-corrected chi connectivity index (χ2v) is 29.2. The number of methoxy groups -OCH3 is 4. The van der Waals surface area contributed by atoms with Crippen molar-refractivity contribution >= 4 is 47.0 Å². The van der Waals surface area contributed by atoms with E-state index in [4.69, 9.17) is 48.1 Å². The minimum atomic E-state index is -1.09. The van der Waals surface area contributed by atoms with Gasteiger partial charge in [0.25, 0.3) is 5.56 Å². The summed E-state index contributed by atoms with van der Waals surface area (Å²) in [5.41, 5.74) is 12.7. The lowest BCUT2D eigenvalue weighted by atomic mass is 9.82. The van der Waals surface area contributed by atoms with Gasteiger partial charge in [-0.1, -0.05) is 159 Å². The lowest BCUT2D eigenvalue weighted by Gasteiger charge is -2.26. The second kappa shape index (κ2) is 40.3. The normalized spacial score (nSPS) is 13.8. The van der Waals surface area contributed by atoms with Crippen LogP contribution in [0, 0.1) is 0 Å². The molecule has 3 aliphatic rings. The third-order valence-electron chi connectivity index (χ3n) is 20.3. The van der Waals surface area contributed by atoms with E-state index in [0.29, 0.717) is 65.7 Å². The van der Waals surface area contributed by atoms with Crippen molar-refractivity contribution in [1.82, 2.24) is 43.8 Å². The van der Waals surface area contributed by atoms with Crippen LogP contribution < -0.4 is 29.2 Å². The molecule has 0 radical (unpaired) electrons. The molecule has 6 heterocycles. The first kappa shape index (κ1) is 83.4. The van der Waals surface area contributed by atoms with Crippen molar-refractivity contribution in [2.45, 2.75) is 174 Å². The molecule has 117 heavy (non-hydrogen) atoms. The van der Waals surface area contributed by atoms with Crippen LogP contribution >= 0.6 is 0 Å².